The van der Waals surface area contributed by atoms with Gasteiger partial charge in [0.1, 0.15) is 6.54 Å². The summed E-state index contributed by atoms with van der Waals surface area (Å²) in [4.78, 5) is 38.1. The molecule has 2 aromatic rings. The van der Waals surface area contributed by atoms with E-state index in [4.69, 9.17) is 4.74 Å². The number of amides is 1. The number of carbonyl (C=O) groups excluding carboxylic acids is 3. The van der Waals surface area contributed by atoms with E-state index < -0.39 is 5.97 Å². The van der Waals surface area contributed by atoms with Crippen LogP contribution in [0, 0.1) is 0 Å². The molecule has 28 heavy (non-hydrogen) atoms. The average molecular weight is 377 g/mol. The van der Waals surface area contributed by atoms with E-state index in [2.05, 4.69) is 12.1 Å². The molecule has 0 N–H and O–H groups in total. The van der Waals surface area contributed by atoms with Crippen molar-refractivity contribution >= 4 is 17.7 Å². The summed E-state index contributed by atoms with van der Waals surface area (Å²) in [5, 5.41) is 0. The lowest BCUT2D eigenvalue weighted by atomic mass is 10.0. The predicted octanol–water partition coefficient (Wildman–Crippen LogP) is 3.39. The van der Waals surface area contributed by atoms with E-state index in [1.54, 1.807) is 6.07 Å². The number of ketones is 1. The van der Waals surface area contributed by atoms with Crippen molar-refractivity contribution < 1.29 is 19.1 Å². The van der Waals surface area contributed by atoms with Gasteiger partial charge in [0, 0.05) is 18.5 Å². The standard InChI is InChI=1S/C23H23NO4/c25-21(15-28-23(27)14-24-11-5-1-2-8-22(24)26)18-10-9-17-12-16-6-3-4-7-19(16)20(17)13-18/h3-4,6-7,9-10,13H,1-2,5,8,11-12,14-15H2. The van der Waals surface area contributed by atoms with Crippen LogP contribution < -0.4 is 0 Å². The Hall–Kier alpha value is -2.95. The molecule has 0 spiro atoms. The maximum Gasteiger partial charge on any atom is 0.326 e. The highest BCUT2D eigenvalue weighted by molar-refractivity contribution is 5.99. The van der Waals surface area contributed by atoms with Gasteiger partial charge in [-0.05, 0) is 47.6 Å². The van der Waals surface area contributed by atoms with E-state index in [1.165, 1.54) is 16.0 Å². The Bertz CT molecular complexity index is 934. The largest absolute Gasteiger partial charge is 0.456 e. The van der Waals surface area contributed by atoms with Gasteiger partial charge in [0.15, 0.2) is 12.4 Å². The molecular weight excluding hydrogens is 354 g/mol. The molecule has 1 amide bonds. The zero-order valence-electron chi connectivity index (χ0n) is 15.8. The minimum Gasteiger partial charge on any atom is -0.456 e. The molecule has 144 valence electrons. The highest BCUT2D eigenvalue weighted by Gasteiger charge is 2.22. The topological polar surface area (TPSA) is 63.7 Å². The lowest BCUT2D eigenvalue weighted by molar-refractivity contribution is -0.148. The molecule has 2 aromatic carbocycles. The molecule has 5 nitrogen and oxygen atoms in total. The van der Waals surface area contributed by atoms with Gasteiger partial charge in [-0.3, -0.25) is 14.4 Å². The third-order valence-corrected chi connectivity index (χ3v) is 5.48. The Morgan fingerprint density at radius 1 is 0.964 bits per heavy atom. The number of likely N-dealkylation sites (tertiary alicyclic amines) is 1. The number of nitrogens with zero attached hydrogens (tertiary/aromatic N) is 1. The first-order chi connectivity index (χ1) is 13.6. The maximum absolute atomic E-state index is 12.5. The molecule has 1 aliphatic heterocycles. The number of hydrogen-bond acceptors (Lipinski definition) is 4. The van der Waals surface area contributed by atoms with E-state index in [-0.39, 0.29) is 24.8 Å². The quantitative estimate of drug-likeness (QED) is 0.505. The number of fused-ring (bicyclic) bond motifs is 3. The van der Waals surface area contributed by atoms with Crippen LogP contribution >= 0.6 is 0 Å². The Morgan fingerprint density at radius 3 is 2.68 bits per heavy atom. The van der Waals surface area contributed by atoms with Crippen molar-refractivity contribution in [2.45, 2.75) is 32.1 Å². The summed E-state index contributed by atoms with van der Waals surface area (Å²) in [6.07, 6.45) is 4.11. The summed E-state index contributed by atoms with van der Waals surface area (Å²) in [7, 11) is 0. The number of hydrogen-bond donors (Lipinski definition) is 0. The van der Waals surface area contributed by atoms with Crippen molar-refractivity contribution in [2.24, 2.45) is 0 Å². The van der Waals surface area contributed by atoms with Crippen molar-refractivity contribution in [1.29, 1.82) is 0 Å². The average Bonchev–Trinajstić information content (AvgIpc) is 2.96. The fourth-order valence-electron chi connectivity index (χ4n) is 3.93. The van der Waals surface area contributed by atoms with Crippen LogP contribution in [0.4, 0.5) is 0 Å². The molecular formula is C23H23NO4. The molecule has 0 saturated carbocycles. The van der Waals surface area contributed by atoms with Gasteiger partial charge in [-0.1, -0.05) is 42.8 Å². The minimum atomic E-state index is -0.532. The molecule has 0 atom stereocenters. The molecule has 0 unspecified atom stereocenters. The number of ether oxygens (including phenoxy) is 1. The van der Waals surface area contributed by atoms with Crippen molar-refractivity contribution in [3.63, 3.8) is 0 Å². The predicted molar refractivity (Wildman–Crippen MR) is 105 cm³/mol. The number of rotatable bonds is 5. The highest BCUT2D eigenvalue weighted by atomic mass is 16.5. The summed E-state index contributed by atoms with van der Waals surface area (Å²) >= 11 is 0. The summed E-state index contributed by atoms with van der Waals surface area (Å²) < 4.78 is 5.16. The van der Waals surface area contributed by atoms with Gasteiger partial charge in [-0.15, -0.1) is 0 Å². The number of benzene rings is 2. The first-order valence-electron chi connectivity index (χ1n) is 9.79. The van der Waals surface area contributed by atoms with Crippen molar-refractivity contribution in [3.05, 3.63) is 59.2 Å². The van der Waals surface area contributed by atoms with E-state index in [9.17, 15) is 14.4 Å². The van der Waals surface area contributed by atoms with Crippen molar-refractivity contribution in [3.8, 4) is 11.1 Å². The third kappa shape index (κ3) is 3.84. The Morgan fingerprint density at radius 2 is 1.79 bits per heavy atom. The van der Waals surface area contributed by atoms with Crippen LogP contribution in [-0.4, -0.2) is 42.3 Å². The second kappa shape index (κ2) is 7.97. The monoisotopic (exact) mass is 377 g/mol. The van der Waals surface area contributed by atoms with Gasteiger partial charge in [-0.2, -0.15) is 0 Å². The second-order valence-corrected chi connectivity index (χ2v) is 7.42. The van der Waals surface area contributed by atoms with Crippen LogP contribution in [-0.2, 0) is 20.7 Å². The Kier molecular flexibility index (Phi) is 5.24. The lowest BCUT2D eigenvalue weighted by Crippen LogP contribution is -2.36. The first-order valence-corrected chi connectivity index (χ1v) is 9.79. The summed E-state index contributed by atoms with van der Waals surface area (Å²) in [5.41, 5.74) is 5.23. The van der Waals surface area contributed by atoms with E-state index in [1.807, 2.05) is 24.3 Å². The summed E-state index contributed by atoms with van der Waals surface area (Å²) in [5.74, 6) is -0.782. The van der Waals surface area contributed by atoms with Gasteiger partial charge in [0.05, 0.1) is 0 Å². The molecule has 5 heteroatoms. The molecule has 1 fully saturated rings. The molecule has 0 aromatic heterocycles. The van der Waals surface area contributed by atoms with Crippen LogP contribution in [0.25, 0.3) is 11.1 Å². The van der Waals surface area contributed by atoms with Crippen molar-refractivity contribution in [1.82, 2.24) is 4.90 Å². The zero-order valence-corrected chi connectivity index (χ0v) is 15.8. The van der Waals surface area contributed by atoms with Gasteiger partial charge < -0.3 is 9.64 Å². The number of carbonyl (C=O) groups is 3. The van der Waals surface area contributed by atoms with Crippen molar-refractivity contribution in [2.75, 3.05) is 19.7 Å². The lowest BCUT2D eigenvalue weighted by Gasteiger charge is -2.19. The summed E-state index contributed by atoms with van der Waals surface area (Å²) in [6.45, 7) is 0.192. The molecule has 4 rings (SSSR count). The smallest absolute Gasteiger partial charge is 0.326 e. The first kappa shape index (κ1) is 18.4. The second-order valence-electron chi connectivity index (χ2n) is 7.42. The molecule has 0 radical (unpaired) electrons. The van der Waals surface area contributed by atoms with Crippen LogP contribution in [0.5, 0.6) is 0 Å². The van der Waals surface area contributed by atoms with E-state index in [0.717, 1.165) is 36.8 Å². The fraction of sp³-hybridized carbons (Fsp3) is 0.348. The molecule has 1 saturated heterocycles. The van der Waals surface area contributed by atoms with Crippen LogP contribution in [0.3, 0.4) is 0 Å². The number of Topliss-reactive ketones (excluding diaryl/α,β-unsaturated/α-hetero) is 1. The zero-order chi connectivity index (χ0) is 19.5. The third-order valence-electron chi connectivity index (χ3n) is 5.48. The van der Waals surface area contributed by atoms with Gasteiger partial charge in [-0.25, -0.2) is 0 Å². The van der Waals surface area contributed by atoms with Crippen LogP contribution in [0.15, 0.2) is 42.5 Å². The van der Waals surface area contributed by atoms with Gasteiger partial charge >= 0.3 is 5.97 Å². The fourth-order valence-corrected chi connectivity index (χ4v) is 3.93. The SMILES string of the molecule is O=C(CN1CCCCCC1=O)OCC(=O)c1ccc2c(c1)-c1ccccc1C2. The minimum absolute atomic E-state index is 0.0157. The molecule has 1 aliphatic carbocycles. The number of esters is 1. The Labute approximate surface area is 164 Å². The van der Waals surface area contributed by atoms with Crippen LogP contribution in [0.1, 0.15) is 47.2 Å². The van der Waals surface area contributed by atoms with Gasteiger partial charge in [0.25, 0.3) is 0 Å². The highest BCUT2D eigenvalue weighted by Crippen LogP contribution is 2.36. The normalized spacial score (nSPS) is 15.6. The van der Waals surface area contributed by atoms with Gasteiger partial charge in [0.2, 0.25) is 5.91 Å². The molecule has 2 aliphatic rings. The van der Waals surface area contributed by atoms with E-state index in [0.29, 0.717) is 18.5 Å². The Balaban J connectivity index is 1.37. The molecule has 1 heterocycles. The maximum atomic E-state index is 12.5. The van der Waals surface area contributed by atoms with Crippen LogP contribution in [0.2, 0.25) is 0 Å². The molecule has 0 bridgehead atoms. The summed E-state index contributed by atoms with van der Waals surface area (Å²) in [6, 6.07) is 13.8. The van der Waals surface area contributed by atoms with E-state index >= 15 is 0 Å².